The van der Waals surface area contributed by atoms with Gasteiger partial charge in [-0.15, -0.1) is 0 Å². The van der Waals surface area contributed by atoms with E-state index >= 15 is 0 Å². The van der Waals surface area contributed by atoms with E-state index in [1.165, 1.54) is 30.2 Å². The molecule has 1 aliphatic carbocycles. The highest BCUT2D eigenvalue weighted by atomic mass is 19.4. The van der Waals surface area contributed by atoms with Crippen molar-refractivity contribution in [1.82, 2.24) is 4.90 Å². The fourth-order valence-corrected chi connectivity index (χ4v) is 3.11. The summed E-state index contributed by atoms with van der Waals surface area (Å²) in [6.07, 6.45) is -3.04. The lowest BCUT2D eigenvalue weighted by molar-refractivity contribution is -0.136. The quantitative estimate of drug-likeness (QED) is 0.708. The third-order valence-electron chi connectivity index (χ3n) is 4.91. The van der Waals surface area contributed by atoms with Crippen LogP contribution in [-0.4, -0.2) is 43.3 Å². The Balaban J connectivity index is 1.84. The highest BCUT2D eigenvalue weighted by molar-refractivity contribution is 5.91. The highest BCUT2D eigenvalue weighted by Gasteiger charge is 2.37. The van der Waals surface area contributed by atoms with Crippen LogP contribution in [0.3, 0.4) is 0 Å². The first-order valence-corrected chi connectivity index (χ1v) is 9.42. The van der Waals surface area contributed by atoms with Gasteiger partial charge in [0.1, 0.15) is 0 Å². The van der Waals surface area contributed by atoms with Crippen molar-refractivity contribution in [2.75, 3.05) is 31.4 Å². The van der Waals surface area contributed by atoms with Crippen molar-refractivity contribution in [3.8, 4) is 11.5 Å². The molecule has 0 aromatic heterocycles. The molecule has 9 heteroatoms. The molecular weight excluding hydrogens is 399 g/mol. The van der Waals surface area contributed by atoms with Gasteiger partial charge in [0.2, 0.25) is 0 Å². The number of carbonyl (C=O) groups is 1. The average Bonchev–Trinajstić information content (AvgIpc) is 3.51. The Kier molecular flexibility index (Phi) is 6.00. The summed E-state index contributed by atoms with van der Waals surface area (Å²) in [6, 6.07) is 7.87. The number of nitrogens with zero attached hydrogens (tertiary/aromatic N) is 2. The van der Waals surface area contributed by atoms with Gasteiger partial charge in [0.05, 0.1) is 18.4 Å². The second-order valence-corrected chi connectivity index (χ2v) is 7.42. The lowest BCUT2D eigenvalue weighted by atomic mass is 10.1. The van der Waals surface area contributed by atoms with Crippen molar-refractivity contribution in [1.29, 1.82) is 0 Å². The smallest absolute Gasteiger partial charge is 0.418 e. The zero-order valence-corrected chi connectivity index (χ0v) is 17.0. The first-order chi connectivity index (χ1) is 14.1. The van der Waals surface area contributed by atoms with Gasteiger partial charge in [-0.25, -0.2) is 4.79 Å². The van der Waals surface area contributed by atoms with Crippen LogP contribution < -0.4 is 15.0 Å². The van der Waals surface area contributed by atoms with Crippen LogP contribution in [0.25, 0.3) is 0 Å². The molecule has 2 aromatic carbocycles. The van der Waals surface area contributed by atoms with E-state index in [1.54, 1.807) is 31.1 Å². The van der Waals surface area contributed by atoms with Crippen molar-refractivity contribution >= 4 is 17.4 Å². The maximum Gasteiger partial charge on any atom is 0.418 e. The number of rotatable bonds is 6. The van der Waals surface area contributed by atoms with E-state index in [2.05, 4.69) is 5.32 Å². The minimum Gasteiger partial charge on any atom is -0.504 e. The predicted molar refractivity (Wildman–Crippen MR) is 108 cm³/mol. The second kappa shape index (κ2) is 8.33. The molecule has 0 spiro atoms. The lowest BCUT2D eigenvalue weighted by Gasteiger charge is -2.25. The van der Waals surface area contributed by atoms with Crippen LogP contribution in [0.5, 0.6) is 11.5 Å². The summed E-state index contributed by atoms with van der Waals surface area (Å²) in [6.45, 7) is 0.185. The van der Waals surface area contributed by atoms with Gasteiger partial charge in [-0.3, -0.25) is 0 Å². The van der Waals surface area contributed by atoms with Crippen molar-refractivity contribution in [3.63, 3.8) is 0 Å². The maximum atomic E-state index is 13.6. The minimum absolute atomic E-state index is 0.0283. The summed E-state index contributed by atoms with van der Waals surface area (Å²) in [4.78, 5) is 15.9. The number of aromatic hydroxyl groups is 1. The van der Waals surface area contributed by atoms with Crippen molar-refractivity contribution in [2.45, 2.75) is 31.6 Å². The first-order valence-electron chi connectivity index (χ1n) is 9.42. The maximum absolute atomic E-state index is 13.6. The Hall–Kier alpha value is -3.10. The highest BCUT2D eigenvalue weighted by Crippen LogP contribution is 2.38. The summed E-state index contributed by atoms with van der Waals surface area (Å²) in [7, 11) is 4.71. The van der Waals surface area contributed by atoms with Gasteiger partial charge in [0.25, 0.3) is 0 Å². The molecule has 162 valence electrons. The zero-order valence-electron chi connectivity index (χ0n) is 17.0. The lowest BCUT2D eigenvalue weighted by Crippen LogP contribution is -2.36. The number of hydrogen-bond acceptors (Lipinski definition) is 4. The van der Waals surface area contributed by atoms with E-state index in [4.69, 9.17) is 4.74 Å². The Bertz CT molecular complexity index is 927. The van der Waals surface area contributed by atoms with E-state index in [0.717, 1.165) is 18.9 Å². The Morgan fingerprint density at radius 2 is 1.90 bits per heavy atom. The van der Waals surface area contributed by atoms with Crippen LogP contribution in [0.4, 0.5) is 29.3 Å². The third kappa shape index (κ3) is 4.90. The number of halogens is 3. The molecule has 0 atom stereocenters. The molecule has 0 heterocycles. The number of alkyl halides is 3. The van der Waals surface area contributed by atoms with Gasteiger partial charge < -0.3 is 25.0 Å². The van der Waals surface area contributed by atoms with Crippen LogP contribution in [0, 0.1) is 0 Å². The van der Waals surface area contributed by atoms with Gasteiger partial charge in [-0.05, 0) is 48.7 Å². The molecular formula is C21H24F3N3O3. The molecule has 30 heavy (non-hydrogen) atoms. The van der Waals surface area contributed by atoms with Crippen LogP contribution >= 0.6 is 0 Å². The van der Waals surface area contributed by atoms with E-state index in [1.807, 2.05) is 0 Å². The van der Waals surface area contributed by atoms with Crippen LogP contribution in [-0.2, 0) is 12.7 Å². The van der Waals surface area contributed by atoms with E-state index in [0.29, 0.717) is 11.3 Å². The van der Waals surface area contributed by atoms with E-state index < -0.39 is 17.8 Å². The summed E-state index contributed by atoms with van der Waals surface area (Å²) in [5, 5.41) is 12.2. The molecule has 2 aromatic rings. The molecule has 0 radical (unpaired) electrons. The number of urea groups is 1. The SMILES string of the molecule is COc1cc(CN(C(=O)Nc2ccc(N(C)C)cc2C(F)(F)F)C2CC2)ccc1O. The molecule has 0 saturated heterocycles. The normalized spacial score (nSPS) is 13.7. The van der Waals surface area contributed by atoms with Gasteiger partial charge >= 0.3 is 12.2 Å². The minimum atomic E-state index is -4.61. The number of phenols is 1. The number of hydrogen-bond donors (Lipinski definition) is 2. The predicted octanol–water partition coefficient (Wildman–Crippen LogP) is 4.68. The third-order valence-corrected chi connectivity index (χ3v) is 4.91. The monoisotopic (exact) mass is 423 g/mol. The molecule has 1 saturated carbocycles. The summed E-state index contributed by atoms with van der Waals surface area (Å²) in [5.74, 6) is 0.238. The van der Waals surface area contributed by atoms with Crippen molar-refractivity contribution < 1.29 is 27.8 Å². The Labute approximate surface area is 172 Å². The summed E-state index contributed by atoms with van der Waals surface area (Å²) in [5.41, 5.74) is -0.0996. The number of amides is 2. The molecule has 1 aliphatic rings. The summed E-state index contributed by atoms with van der Waals surface area (Å²) >= 11 is 0. The van der Waals surface area contributed by atoms with Gasteiger partial charge in [0, 0.05) is 32.4 Å². The number of carbonyl (C=O) groups excluding carboxylic acids is 1. The fraction of sp³-hybridized carbons (Fsp3) is 0.381. The van der Waals surface area contributed by atoms with Gasteiger partial charge in [-0.2, -0.15) is 13.2 Å². The number of ether oxygens (including phenoxy) is 1. The van der Waals surface area contributed by atoms with Crippen molar-refractivity contribution in [2.24, 2.45) is 0 Å². The molecule has 0 bridgehead atoms. The van der Waals surface area contributed by atoms with Crippen LogP contribution in [0.15, 0.2) is 36.4 Å². The topological polar surface area (TPSA) is 65.0 Å². The van der Waals surface area contributed by atoms with Gasteiger partial charge in [0.15, 0.2) is 11.5 Å². The van der Waals surface area contributed by atoms with E-state index in [-0.39, 0.29) is 29.8 Å². The molecule has 1 fully saturated rings. The fourth-order valence-electron chi connectivity index (χ4n) is 3.11. The number of methoxy groups -OCH3 is 1. The molecule has 2 N–H and O–H groups in total. The zero-order chi connectivity index (χ0) is 22.1. The average molecular weight is 423 g/mol. The van der Waals surface area contributed by atoms with Crippen LogP contribution in [0.2, 0.25) is 0 Å². The number of phenolic OH excluding ortho intramolecular Hbond substituents is 1. The molecule has 6 nitrogen and oxygen atoms in total. The Morgan fingerprint density at radius 3 is 2.47 bits per heavy atom. The molecule has 3 rings (SSSR count). The molecule has 0 unspecified atom stereocenters. The summed E-state index contributed by atoms with van der Waals surface area (Å²) < 4.78 is 45.8. The largest absolute Gasteiger partial charge is 0.504 e. The number of nitrogens with one attached hydrogen (secondary N) is 1. The second-order valence-electron chi connectivity index (χ2n) is 7.42. The number of benzene rings is 2. The molecule has 2 amide bonds. The van der Waals surface area contributed by atoms with Gasteiger partial charge in [-0.1, -0.05) is 6.07 Å². The molecule has 0 aliphatic heterocycles. The number of anilines is 2. The van der Waals surface area contributed by atoms with Crippen LogP contribution in [0.1, 0.15) is 24.0 Å². The Morgan fingerprint density at radius 1 is 1.20 bits per heavy atom. The first kappa shape index (κ1) is 21.6. The standard InChI is InChI=1S/C21H24F3N3O3/c1-26(2)15-7-8-17(16(11-15)21(22,23)24)25-20(29)27(14-5-6-14)12-13-4-9-18(28)19(10-13)30-3/h4,7-11,14,28H,5-6,12H2,1-3H3,(H,25,29). The van der Waals surface area contributed by atoms with E-state index in [9.17, 15) is 23.1 Å². The van der Waals surface area contributed by atoms with Crippen molar-refractivity contribution in [3.05, 3.63) is 47.5 Å².